The first-order chi connectivity index (χ1) is 9.27. The van der Waals surface area contributed by atoms with Crippen molar-refractivity contribution in [3.63, 3.8) is 0 Å². The summed E-state index contributed by atoms with van der Waals surface area (Å²) >= 11 is 0. The largest absolute Gasteiger partial charge is 3.00 e. The van der Waals surface area contributed by atoms with Gasteiger partial charge in [0.2, 0.25) is 0 Å². The van der Waals surface area contributed by atoms with E-state index in [0.29, 0.717) is 0 Å². The van der Waals surface area contributed by atoms with Crippen LogP contribution in [0.25, 0.3) is 21.7 Å². The molecule has 1 heterocycles. The van der Waals surface area contributed by atoms with E-state index in [1.54, 1.807) is 0 Å². The molecule has 0 fully saturated rings. The summed E-state index contributed by atoms with van der Waals surface area (Å²) in [4.78, 5) is 0. The summed E-state index contributed by atoms with van der Waals surface area (Å²) in [5, 5.41) is 2.99. The van der Waals surface area contributed by atoms with Gasteiger partial charge >= 0.3 is 21.7 Å². The maximum absolute atomic E-state index is 2.25. The summed E-state index contributed by atoms with van der Waals surface area (Å²) in [6, 6.07) is 21.5. The number of benzene rings is 2. The van der Waals surface area contributed by atoms with Crippen molar-refractivity contribution < 1.29 is 58.9 Å². The Labute approximate surface area is 173 Å². The predicted molar refractivity (Wildman–Crippen MR) is 86.3 cm³/mol. The zero-order valence-electron chi connectivity index (χ0n) is 12.9. The van der Waals surface area contributed by atoms with Gasteiger partial charge in [0.25, 0.3) is 0 Å². The monoisotopic (exact) mass is 417 g/mol. The molecule has 23 heavy (non-hydrogen) atoms. The molecule has 0 atom stereocenters. The zero-order chi connectivity index (χ0) is 13.2. The molecule has 119 valence electrons. The third-order valence-electron chi connectivity index (χ3n) is 3.69. The molecule has 0 saturated heterocycles. The molecule has 0 unspecified atom stereocenters. The maximum atomic E-state index is 2.25. The summed E-state index contributed by atoms with van der Waals surface area (Å²) < 4.78 is 0. The second kappa shape index (κ2) is 11.4. The molecule has 0 amide bonds. The van der Waals surface area contributed by atoms with E-state index in [4.69, 9.17) is 0 Å². The number of hydrogen-bond acceptors (Lipinski definition) is 0. The van der Waals surface area contributed by atoms with Crippen LogP contribution in [0, 0.1) is 13.8 Å². The second-order valence-electron chi connectivity index (χ2n) is 4.86. The van der Waals surface area contributed by atoms with Crippen molar-refractivity contribution >= 4 is 8.19 Å². The van der Waals surface area contributed by atoms with Crippen molar-refractivity contribution in [1.29, 1.82) is 0 Å². The maximum Gasteiger partial charge on any atom is 3.00 e. The SMILES string of the molecule is Cc1c(-c2ccccc2)[pH]c(-c2ccccc2)c1C.[Cl-].[Cl-].[Cl-].[Ti+3]. The van der Waals surface area contributed by atoms with Crippen LogP contribution in [0.3, 0.4) is 0 Å². The van der Waals surface area contributed by atoms with Gasteiger partial charge in [-0.05, 0) is 36.1 Å². The average molecular weight is 419 g/mol. The molecule has 1 radical (unpaired) electrons. The molecular weight excluding hydrogens is 401 g/mol. The zero-order valence-corrected chi connectivity index (χ0v) is 17.7. The van der Waals surface area contributed by atoms with Gasteiger partial charge in [-0.1, -0.05) is 60.7 Å². The second-order valence-corrected chi connectivity index (χ2v) is 6.11. The quantitative estimate of drug-likeness (QED) is 0.382. The molecule has 5 heteroatoms. The average Bonchev–Trinajstić information content (AvgIpc) is 2.77. The molecular formula is C18H17Cl3PTi. The van der Waals surface area contributed by atoms with Gasteiger partial charge < -0.3 is 37.2 Å². The van der Waals surface area contributed by atoms with E-state index in [-0.39, 0.29) is 58.9 Å². The summed E-state index contributed by atoms with van der Waals surface area (Å²) in [5.74, 6) is 0. The van der Waals surface area contributed by atoms with Crippen molar-refractivity contribution in [2.24, 2.45) is 0 Å². The Bertz CT molecular complexity index is 637. The normalized spacial score (nSPS) is 8.78. The van der Waals surface area contributed by atoms with Gasteiger partial charge in [-0.3, -0.25) is 0 Å². The van der Waals surface area contributed by atoms with Crippen LogP contribution in [0.15, 0.2) is 60.7 Å². The number of halogens is 3. The van der Waals surface area contributed by atoms with Crippen LogP contribution in [-0.4, -0.2) is 0 Å². The Balaban J connectivity index is 0. The fraction of sp³-hybridized carbons (Fsp3) is 0.111. The predicted octanol–water partition coefficient (Wildman–Crippen LogP) is -3.32. The molecule has 0 nitrogen and oxygen atoms in total. The van der Waals surface area contributed by atoms with Crippen LogP contribution in [0.4, 0.5) is 0 Å². The molecule has 0 aliphatic heterocycles. The molecule has 1 aromatic heterocycles. The van der Waals surface area contributed by atoms with Gasteiger partial charge in [0, 0.05) is 10.6 Å². The minimum Gasteiger partial charge on any atom is -1.00 e. The van der Waals surface area contributed by atoms with Gasteiger partial charge in [0.1, 0.15) is 0 Å². The van der Waals surface area contributed by atoms with Gasteiger partial charge in [-0.25, -0.2) is 0 Å². The molecule has 3 rings (SSSR count). The molecule has 0 aliphatic rings. The van der Waals surface area contributed by atoms with E-state index >= 15 is 0 Å². The van der Waals surface area contributed by atoms with E-state index < -0.39 is 0 Å². The summed E-state index contributed by atoms with van der Waals surface area (Å²) in [6.07, 6.45) is 0. The van der Waals surface area contributed by atoms with Crippen LogP contribution in [0.1, 0.15) is 11.1 Å². The summed E-state index contributed by atoms with van der Waals surface area (Å²) in [7, 11) is 0.766. The van der Waals surface area contributed by atoms with E-state index in [1.807, 2.05) is 0 Å². The minimum atomic E-state index is 0. The third kappa shape index (κ3) is 5.40. The standard InChI is InChI=1S/C18H17P.3ClH.Ti/c1-13-14(2)18(16-11-7-4-8-12-16)19-17(13)15-9-5-3-6-10-15;;;;/h3-12,19H,1-2H3;3*1H;/q;;;;+3/p-3. The van der Waals surface area contributed by atoms with Crippen LogP contribution >= 0.6 is 8.19 Å². The van der Waals surface area contributed by atoms with Gasteiger partial charge in [-0.15, -0.1) is 8.19 Å². The van der Waals surface area contributed by atoms with Gasteiger partial charge in [0.05, 0.1) is 0 Å². The fourth-order valence-corrected chi connectivity index (χ4v) is 4.10. The fourth-order valence-electron chi connectivity index (χ4n) is 2.47. The third-order valence-corrected chi connectivity index (χ3v) is 5.51. The van der Waals surface area contributed by atoms with Crippen LogP contribution in [-0.2, 0) is 21.7 Å². The Morgan fingerprint density at radius 3 is 1.17 bits per heavy atom. The molecule has 0 N–H and O–H groups in total. The summed E-state index contributed by atoms with van der Waals surface area (Å²) in [6.45, 7) is 4.50. The first-order valence-corrected chi connectivity index (χ1v) is 7.57. The van der Waals surface area contributed by atoms with Gasteiger partial charge in [-0.2, -0.15) is 0 Å². The number of rotatable bonds is 2. The Kier molecular flexibility index (Phi) is 12.4. The smallest absolute Gasteiger partial charge is 1.00 e. The van der Waals surface area contributed by atoms with E-state index in [1.165, 1.54) is 32.8 Å². The topological polar surface area (TPSA) is 0 Å². The van der Waals surface area contributed by atoms with Crippen molar-refractivity contribution in [2.75, 3.05) is 0 Å². The van der Waals surface area contributed by atoms with E-state index in [2.05, 4.69) is 74.5 Å². The Morgan fingerprint density at radius 1 is 0.565 bits per heavy atom. The molecule has 0 spiro atoms. The minimum absolute atomic E-state index is 0. The van der Waals surface area contributed by atoms with E-state index in [0.717, 1.165) is 8.19 Å². The molecule has 0 bridgehead atoms. The van der Waals surface area contributed by atoms with Crippen molar-refractivity contribution in [3.05, 3.63) is 71.8 Å². The Morgan fingerprint density at radius 2 is 0.870 bits per heavy atom. The van der Waals surface area contributed by atoms with Gasteiger partial charge in [0.15, 0.2) is 0 Å². The van der Waals surface area contributed by atoms with E-state index in [9.17, 15) is 0 Å². The molecule has 0 saturated carbocycles. The van der Waals surface area contributed by atoms with Crippen molar-refractivity contribution in [1.82, 2.24) is 0 Å². The first kappa shape index (κ1) is 25.0. The summed E-state index contributed by atoms with van der Waals surface area (Å²) in [5.41, 5.74) is 5.62. The first-order valence-electron chi connectivity index (χ1n) is 6.57. The molecule has 0 aliphatic carbocycles. The molecule has 3 aromatic rings. The van der Waals surface area contributed by atoms with Crippen LogP contribution < -0.4 is 37.2 Å². The van der Waals surface area contributed by atoms with Crippen LogP contribution in [0.5, 0.6) is 0 Å². The van der Waals surface area contributed by atoms with Crippen molar-refractivity contribution in [3.8, 4) is 21.7 Å². The van der Waals surface area contributed by atoms with Crippen molar-refractivity contribution in [2.45, 2.75) is 13.8 Å². The molecule has 2 aromatic carbocycles. The Hall–Kier alpha value is -0.196. The number of hydrogen-bond donors (Lipinski definition) is 0. The van der Waals surface area contributed by atoms with Crippen LogP contribution in [0.2, 0.25) is 0 Å².